The number of benzene rings is 1. The van der Waals surface area contributed by atoms with Gasteiger partial charge in [-0.25, -0.2) is 0 Å². The van der Waals surface area contributed by atoms with Crippen molar-refractivity contribution < 1.29 is 0 Å². The first-order valence-electron chi connectivity index (χ1n) is 6.84. The molecule has 2 nitrogen and oxygen atoms in total. The molecule has 3 rings (SSSR count). The lowest BCUT2D eigenvalue weighted by Gasteiger charge is -2.34. The number of nitrogens with zero attached hydrogens (tertiary/aromatic N) is 1. The zero-order chi connectivity index (χ0) is 11.8. The molecule has 92 valence electrons. The minimum Gasteiger partial charge on any atom is -0.398 e. The van der Waals surface area contributed by atoms with Gasteiger partial charge in [0.2, 0.25) is 0 Å². The first kappa shape index (κ1) is 11.1. The second kappa shape index (κ2) is 4.34. The maximum Gasteiger partial charge on any atom is 0.0362 e. The van der Waals surface area contributed by atoms with E-state index in [0.717, 1.165) is 30.6 Å². The number of nitrogens with two attached hydrogens (primary N) is 1. The molecule has 1 unspecified atom stereocenters. The number of hydrogen-bond acceptors (Lipinski definition) is 2. The molecule has 1 atom stereocenters. The third-order valence-corrected chi connectivity index (χ3v) is 4.33. The zero-order valence-corrected chi connectivity index (χ0v) is 10.7. The highest BCUT2D eigenvalue weighted by atomic mass is 15.2. The van der Waals surface area contributed by atoms with Crippen molar-refractivity contribution in [2.45, 2.75) is 45.2 Å². The zero-order valence-electron chi connectivity index (χ0n) is 10.7. The van der Waals surface area contributed by atoms with Crippen LogP contribution in [0, 0.1) is 5.92 Å². The molecule has 1 fully saturated rings. The molecule has 0 aromatic heterocycles. The number of nitrogen functional groups attached to an aromatic ring is 1. The predicted molar refractivity (Wildman–Crippen MR) is 71.8 cm³/mol. The highest BCUT2D eigenvalue weighted by molar-refractivity contribution is 5.51. The van der Waals surface area contributed by atoms with E-state index in [4.69, 9.17) is 5.73 Å². The molecule has 0 radical (unpaired) electrons. The molecule has 1 aromatic rings. The van der Waals surface area contributed by atoms with Crippen LogP contribution in [0.25, 0.3) is 0 Å². The SMILES string of the molecule is CC(CC1CC1)N1CCc2cccc(N)c2C1. The maximum atomic E-state index is 6.09. The van der Waals surface area contributed by atoms with Gasteiger partial charge >= 0.3 is 0 Å². The van der Waals surface area contributed by atoms with Crippen molar-refractivity contribution in [2.75, 3.05) is 12.3 Å². The topological polar surface area (TPSA) is 29.3 Å². The monoisotopic (exact) mass is 230 g/mol. The second-order valence-electron chi connectivity index (χ2n) is 5.73. The molecule has 1 aliphatic carbocycles. The van der Waals surface area contributed by atoms with Crippen molar-refractivity contribution in [1.82, 2.24) is 4.90 Å². The quantitative estimate of drug-likeness (QED) is 0.809. The van der Waals surface area contributed by atoms with Gasteiger partial charge in [0.05, 0.1) is 0 Å². The molecule has 1 heterocycles. The van der Waals surface area contributed by atoms with E-state index in [0.29, 0.717) is 0 Å². The van der Waals surface area contributed by atoms with Gasteiger partial charge in [-0.3, -0.25) is 4.90 Å². The van der Waals surface area contributed by atoms with Gasteiger partial charge in [0.15, 0.2) is 0 Å². The summed E-state index contributed by atoms with van der Waals surface area (Å²) in [5.41, 5.74) is 9.90. The van der Waals surface area contributed by atoms with Gasteiger partial charge in [0, 0.05) is 24.8 Å². The molecule has 17 heavy (non-hydrogen) atoms. The van der Waals surface area contributed by atoms with Crippen molar-refractivity contribution in [2.24, 2.45) is 5.92 Å². The first-order chi connectivity index (χ1) is 8.24. The molecule has 0 saturated heterocycles. The summed E-state index contributed by atoms with van der Waals surface area (Å²) in [5.74, 6) is 1.01. The fraction of sp³-hybridized carbons (Fsp3) is 0.600. The summed E-state index contributed by atoms with van der Waals surface area (Å²) in [7, 11) is 0. The molecule has 1 aromatic carbocycles. The molecule has 0 amide bonds. The van der Waals surface area contributed by atoms with Gasteiger partial charge < -0.3 is 5.73 Å². The van der Waals surface area contributed by atoms with Crippen molar-refractivity contribution in [3.63, 3.8) is 0 Å². The smallest absolute Gasteiger partial charge is 0.0362 e. The average molecular weight is 230 g/mol. The van der Waals surface area contributed by atoms with E-state index in [1.54, 1.807) is 0 Å². The molecule has 1 saturated carbocycles. The van der Waals surface area contributed by atoms with Gasteiger partial charge in [0.1, 0.15) is 0 Å². The minimum atomic E-state index is 0.718. The van der Waals surface area contributed by atoms with E-state index >= 15 is 0 Å². The van der Waals surface area contributed by atoms with Crippen LogP contribution in [0.1, 0.15) is 37.3 Å². The fourth-order valence-corrected chi connectivity index (χ4v) is 2.99. The Kier molecular flexibility index (Phi) is 2.83. The lowest BCUT2D eigenvalue weighted by Crippen LogP contribution is -2.38. The summed E-state index contributed by atoms with van der Waals surface area (Å²) >= 11 is 0. The normalized spacial score (nSPS) is 22.2. The third kappa shape index (κ3) is 2.32. The van der Waals surface area contributed by atoms with Crippen LogP contribution in [0.15, 0.2) is 18.2 Å². The molecule has 2 heteroatoms. The summed E-state index contributed by atoms with van der Waals surface area (Å²) < 4.78 is 0. The van der Waals surface area contributed by atoms with Gasteiger partial charge in [-0.15, -0.1) is 0 Å². The van der Waals surface area contributed by atoms with Crippen LogP contribution in [0.5, 0.6) is 0 Å². The summed E-state index contributed by atoms with van der Waals surface area (Å²) in [5, 5.41) is 0. The first-order valence-corrected chi connectivity index (χ1v) is 6.84. The Balaban J connectivity index is 1.72. The van der Waals surface area contributed by atoms with Crippen molar-refractivity contribution in [3.8, 4) is 0 Å². The molecule has 2 N–H and O–H groups in total. The molecule has 1 aliphatic heterocycles. The van der Waals surface area contributed by atoms with Crippen LogP contribution in [0.3, 0.4) is 0 Å². The van der Waals surface area contributed by atoms with Crippen LogP contribution < -0.4 is 5.73 Å². The van der Waals surface area contributed by atoms with Crippen molar-refractivity contribution in [1.29, 1.82) is 0 Å². The number of rotatable bonds is 3. The van der Waals surface area contributed by atoms with Crippen LogP contribution >= 0.6 is 0 Å². The number of anilines is 1. The Morgan fingerprint density at radius 1 is 1.41 bits per heavy atom. The molecular weight excluding hydrogens is 208 g/mol. The Labute approximate surface area is 104 Å². The Bertz CT molecular complexity index is 409. The van der Waals surface area contributed by atoms with Crippen LogP contribution in [-0.2, 0) is 13.0 Å². The van der Waals surface area contributed by atoms with E-state index in [2.05, 4.69) is 24.0 Å². The lowest BCUT2D eigenvalue weighted by atomic mass is 9.96. The van der Waals surface area contributed by atoms with Crippen molar-refractivity contribution >= 4 is 5.69 Å². The predicted octanol–water partition coefficient (Wildman–Crippen LogP) is 2.82. The molecule has 0 spiro atoms. The molecule has 2 aliphatic rings. The Morgan fingerprint density at radius 2 is 2.24 bits per heavy atom. The van der Waals surface area contributed by atoms with E-state index < -0.39 is 0 Å². The standard InChI is InChI=1S/C15H22N2/c1-11(9-12-5-6-12)17-8-7-13-3-2-4-15(16)14(13)10-17/h2-4,11-12H,5-10,16H2,1H3. The largest absolute Gasteiger partial charge is 0.398 e. The van der Waals surface area contributed by atoms with Gasteiger partial charge in [-0.2, -0.15) is 0 Å². The van der Waals surface area contributed by atoms with E-state index in [1.165, 1.54) is 36.9 Å². The van der Waals surface area contributed by atoms with Crippen LogP contribution in [-0.4, -0.2) is 17.5 Å². The summed E-state index contributed by atoms with van der Waals surface area (Å²) in [4.78, 5) is 2.61. The summed E-state index contributed by atoms with van der Waals surface area (Å²) in [6, 6.07) is 7.06. The number of hydrogen-bond donors (Lipinski definition) is 1. The Morgan fingerprint density at radius 3 is 3.00 bits per heavy atom. The fourth-order valence-electron chi connectivity index (χ4n) is 2.99. The number of fused-ring (bicyclic) bond motifs is 1. The molecule has 0 bridgehead atoms. The van der Waals surface area contributed by atoms with Gasteiger partial charge in [-0.05, 0) is 42.9 Å². The maximum absolute atomic E-state index is 6.09. The van der Waals surface area contributed by atoms with E-state index in [9.17, 15) is 0 Å². The van der Waals surface area contributed by atoms with Crippen molar-refractivity contribution in [3.05, 3.63) is 29.3 Å². The third-order valence-electron chi connectivity index (χ3n) is 4.33. The summed E-state index contributed by atoms with van der Waals surface area (Å²) in [6.45, 7) is 4.63. The lowest BCUT2D eigenvalue weighted by molar-refractivity contribution is 0.177. The average Bonchev–Trinajstić information content (AvgIpc) is 3.13. The molecular formula is C15H22N2. The van der Waals surface area contributed by atoms with E-state index in [1.807, 2.05) is 6.07 Å². The minimum absolute atomic E-state index is 0.718. The highest BCUT2D eigenvalue weighted by Gasteiger charge is 2.28. The van der Waals surface area contributed by atoms with Crippen LogP contribution in [0.2, 0.25) is 0 Å². The Hall–Kier alpha value is -1.02. The van der Waals surface area contributed by atoms with Crippen LogP contribution in [0.4, 0.5) is 5.69 Å². The van der Waals surface area contributed by atoms with Gasteiger partial charge in [0.25, 0.3) is 0 Å². The highest BCUT2D eigenvalue weighted by Crippen LogP contribution is 2.35. The van der Waals surface area contributed by atoms with Gasteiger partial charge in [-0.1, -0.05) is 25.0 Å². The van der Waals surface area contributed by atoms with E-state index in [-0.39, 0.29) is 0 Å². The summed E-state index contributed by atoms with van der Waals surface area (Å²) in [6.07, 6.45) is 5.45. The second-order valence-corrected chi connectivity index (χ2v) is 5.73.